The fourth-order valence-electron chi connectivity index (χ4n) is 1.88. The number of carbonyl (C=O) groups excluding carboxylic acids is 1. The van der Waals surface area contributed by atoms with E-state index < -0.39 is 0 Å². The maximum Gasteiger partial charge on any atom is 0.307 e. The van der Waals surface area contributed by atoms with Crippen LogP contribution in [0.25, 0.3) is 0 Å². The van der Waals surface area contributed by atoms with Gasteiger partial charge in [-0.25, -0.2) is 0 Å². The first-order valence-corrected chi connectivity index (χ1v) is 6.94. The van der Waals surface area contributed by atoms with Crippen LogP contribution in [0.1, 0.15) is 36.0 Å². The first-order valence-electron chi connectivity index (χ1n) is 6.06. The molecule has 0 radical (unpaired) electrons. The highest BCUT2D eigenvalue weighted by atomic mass is 32.1. The van der Waals surface area contributed by atoms with Crippen molar-refractivity contribution in [3.05, 3.63) is 40.3 Å². The van der Waals surface area contributed by atoms with Crippen LogP contribution < -0.4 is 5.32 Å². The Morgan fingerprint density at radius 3 is 3.00 bits per heavy atom. The van der Waals surface area contributed by atoms with E-state index in [2.05, 4.69) is 15.5 Å². The molecule has 0 bridgehead atoms. The number of thiophene rings is 1. The Bertz CT molecular complexity index is 496. The number of hydrogen-bond acceptors (Lipinski definition) is 5. The first-order chi connectivity index (χ1) is 9.20. The predicted octanol–water partition coefficient (Wildman–Crippen LogP) is 2.43. The number of carbonyl (C=O) groups is 1. The molecule has 2 unspecified atom stereocenters. The van der Waals surface area contributed by atoms with Gasteiger partial charge in [-0.05, 0) is 24.4 Å². The summed E-state index contributed by atoms with van der Waals surface area (Å²) in [5, 5.41) is 12.3. The molecule has 5 nitrogen and oxygen atoms in total. The minimum absolute atomic E-state index is 0.0502. The topological polar surface area (TPSA) is 67.0 Å². The van der Waals surface area contributed by atoms with Crippen molar-refractivity contribution in [1.29, 1.82) is 0 Å². The van der Waals surface area contributed by atoms with Crippen LogP contribution >= 0.6 is 11.3 Å². The summed E-state index contributed by atoms with van der Waals surface area (Å²) in [7, 11) is 1.41. The van der Waals surface area contributed by atoms with Crippen molar-refractivity contribution in [2.45, 2.75) is 25.4 Å². The zero-order valence-corrected chi connectivity index (χ0v) is 11.7. The lowest BCUT2D eigenvalue weighted by Crippen LogP contribution is -2.26. The summed E-state index contributed by atoms with van der Waals surface area (Å²) in [6.45, 7) is 2.03. The zero-order chi connectivity index (χ0) is 13.7. The third-order valence-electron chi connectivity index (χ3n) is 2.93. The highest BCUT2D eigenvalue weighted by Crippen LogP contribution is 2.25. The molecular formula is C13H17N3O2S. The van der Waals surface area contributed by atoms with Gasteiger partial charge < -0.3 is 10.1 Å². The van der Waals surface area contributed by atoms with Gasteiger partial charge >= 0.3 is 5.97 Å². The van der Waals surface area contributed by atoms with Crippen LogP contribution in [-0.2, 0) is 9.53 Å². The second-order valence-corrected chi connectivity index (χ2v) is 5.23. The van der Waals surface area contributed by atoms with Crippen LogP contribution in [0.5, 0.6) is 0 Å². The molecule has 0 saturated heterocycles. The molecule has 2 N–H and O–H groups in total. The van der Waals surface area contributed by atoms with Crippen molar-refractivity contribution in [2.24, 2.45) is 0 Å². The van der Waals surface area contributed by atoms with Crippen molar-refractivity contribution in [2.75, 3.05) is 7.11 Å². The van der Waals surface area contributed by atoms with Gasteiger partial charge in [-0.15, -0.1) is 11.3 Å². The number of hydrogen-bond donors (Lipinski definition) is 2. The van der Waals surface area contributed by atoms with Gasteiger partial charge in [-0.1, -0.05) is 6.07 Å². The van der Waals surface area contributed by atoms with E-state index in [0.29, 0.717) is 6.42 Å². The molecule has 0 spiro atoms. The number of rotatable bonds is 6. The molecule has 2 atom stereocenters. The van der Waals surface area contributed by atoms with Crippen molar-refractivity contribution in [1.82, 2.24) is 15.5 Å². The van der Waals surface area contributed by atoms with Gasteiger partial charge in [-0.3, -0.25) is 9.89 Å². The van der Waals surface area contributed by atoms with Crippen molar-refractivity contribution < 1.29 is 9.53 Å². The fraction of sp³-hybridized carbons (Fsp3) is 0.385. The molecule has 0 saturated carbocycles. The zero-order valence-electron chi connectivity index (χ0n) is 10.9. The second-order valence-electron chi connectivity index (χ2n) is 4.25. The van der Waals surface area contributed by atoms with Crippen molar-refractivity contribution >= 4 is 17.3 Å². The molecule has 0 aromatic carbocycles. The normalized spacial score (nSPS) is 14.0. The monoisotopic (exact) mass is 279 g/mol. The third kappa shape index (κ3) is 3.65. The summed E-state index contributed by atoms with van der Waals surface area (Å²) in [5.74, 6) is -0.220. The molecule has 0 aliphatic heterocycles. The summed E-state index contributed by atoms with van der Waals surface area (Å²) in [6.07, 6.45) is 2.03. The molecule has 102 valence electrons. The maximum atomic E-state index is 11.5. The summed E-state index contributed by atoms with van der Waals surface area (Å²) in [4.78, 5) is 12.6. The molecule has 0 aliphatic rings. The predicted molar refractivity (Wildman–Crippen MR) is 73.8 cm³/mol. The first kappa shape index (κ1) is 13.8. The van der Waals surface area contributed by atoms with Crippen LogP contribution in [0.4, 0.5) is 0 Å². The number of methoxy groups -OCH3 is 1. The van der Waals surface area contributed by atoms with Crippen LogP contribution in [-0.4, -0.2) is 23.3 Å². The third-order valence-corrected chi connectivity index (χ3v) is 3.91. The quantitative estimate of drug-likeness (QED) is 0.797. The van der Waals surface area contributed by atoms with E-state index in [1.165, 1.54) is 7.11 Å². The maximum absolute atomic E-state index is 11.5. The standard InChI is InChI=1S/C13H17N3O2S/c1-9(10-5-6-14-16-10)15-11(8-13(17)18-2)12-4-3-7-19-12/h3-7,9,11,15H,8H2,1-2H3,(H,14,16). The summed E-state index contributed by atoms with van der Waals surface area (Å²) < 4.78 is 4.76. The van der Waals surface area contributed by atoms with Gasteiger partial charge in [0.2, 0.25) is 0 Å². The van der Waals surface area contributed by atoms with Crippen LogP contribution in [0.3, 0.4) is 0 Å². The highest BCUT2D eigenvalue weighted by molar-refractivity contribution is 7.10. The Kier molecular flexibility index (Phi) is 4.70. The highest BCUT2D eigenvalue weighted by Gasteiger charge is 2.20. The van der Waals surface area contributed by atoms with E-state index in [4.69, 9.17) is 4.74 Å². The minimum Gasteiger partial charge on any atom is -0.469 e. The Morgan fingerprint density at radius 2 is 2.42 bits per heavy atom. The van der Waals surface area contributed by atoms with E-state index in [9.17, 15) is 4.79 Å². The number of nitrogens with one attached hydrogen (secondary N) is 2. The average molecular weight is 279 g/mol. The van der Waals surface area contributed by atoms with E-state index >= 15 is 0 Å². The Balaban J connectivity index is 2.07. The van der Waals surface area contributed by atoms with Crippen molar-refractivity contribution in [3.8, 4) is 0 Å². The van der Waals surface area contributed by atoms with Crippen LogP contribution in [0, 0.1) is 0 Å². The van der Waals surface area contributed by atoms with Crippen molar-refractivity contribution in [3.63, 3.8) is 0 Å². The lowest BCUT2D eigenvalue weighted by Gasteiger charge is -2.21. The van der Waals surface area contributed by atoms with Gasteiger partial charge in [0.15, 0.2) is 0 Å². The fourth-order valence-corrected chi connectivity index (χ4v) is 2.67. The van der Waals surface area contributed by atoms with Crippen LogP contribution in [0.15, 0.2) is 29.8 Å². The lowest BCUT2D eigenvalue weighted by atomic mass is 10.1. The smallest absolute Gasteiger partial charge is 0.307 e. The summed E-state index contributed by atoms with van der Waals surface area (Å²) in [6, 6.07) is 5.95. The SMILES string of the molecule is COC(=O)CC(NC(C)c1ccn[nH]1)c1cccs1. The number of H-pyrrole nitrogens is 1. The second kappa shape index (κ2) is 6.49. The van der Waals surface area contributed by atoms with Gasteiger partial charge in [0.1, 0.15) is 0 Å². The average Bonchev–Trinajstić information content (AvgIpc) is 3.10. The Labute approximate surface area is 116 Å². The number of aromatic amines is 1. The van der Waals surface area contributed by atoms with E-state index in [1.54, 1.807) is 17.5 Å². The largest absolute Gasteiger partial charge is 0.469 e. The molecule has 0 fully saturated rings. The number of ether oxygens (including phenoxy) is 1. The molecule has 19 heavy (non-hydrogen) atoms. The van der Waals surface area contributed by atoms with Crippen LogP contribution in [0.2, 0.25) is 0 Å². The van der Waals surface area contributed by atoms with E-state index in [1.807, 2.05) is 30.5 Å². The molecule has 0 aliphatic carbocycles. The molecule has 0 amide bonds. The van der Waals surface area contributed by atoms with Gasteiger partial charge in [-0.2, -0.15) is 5.10 Å². The molecule has 2 aromatic heterocycles. The number of aromatic nitrogens is 2. The molecular weight excluding hydrogens is 262 g/mol. The molecule has 6 heteroatoms. The molecule has 2 heterocycles. The summed E-state index contributed by atoms with van der Waals surface area (Å²) in [5.41, 5.74) is 0.992. The number of nitrogens with zero attached hydrogens (tertiary/aromatic N) is 1. The molecule has 2 rings (SSSR count). The summed E-state index contributed by atoms with van der Waals surface area (Å²) >= 11 is 1.63. The Morgan fingerprint density at radius 1 is 1.58 bits per heavy atom. The number of esters is 1. The van der Waals surface area contributed by atoms with E-state index in [-0.39, 0.29) is 18.1 Å². The Hall–Kier alpha value is -1.66. The lowest BCUT2D eigenvalue weighted by molar-refractivity contribution is -0.141. The van der Waals surface area contributed by atoms with Gasteiger partial charge in [0.25, 0.3) is 0 Å². The van der Waals surface area contributed by atoms with Gasteiger partial charge in [0, 0.05) is 17.1 Å². The molecule has 2 aromatic rings. The van der Waals surface area contributed by atoms with Gasteiger partial charge in [0.05, 0.1) is 25.3 Å². The minimum atomic E-state index is -0.220. The van der Waals surface area contributed by atoms with E-state index in [0.717, 1.165) is 10.6 Å².